The molecule has 0 saturated heterocycles. The van der Waals surface area contributed by atoms with Crippen LogP contribution in [-0.2, 0) is 0 Å². The summed E-state index contributed by atoms with van der Waals surface area (Å²) in [5.74, 6) is 1.33. The van der Waals surface area contributed by atoms with Gasteiger partial charge in [-0.1, -0.05) is 31.4 Å². The summed E-state index contributed by atoms with van der Waals surface area (Å²) in [6.45, 7) is 0.467. The van der Waals surface area contributed by atoms with Crippen LogP contribution in [0.3, 0.4) is 0 Å². The van der Waals surface area contributed by atoms with Gasteiger partial charge in [-0.3, -0.25) is 0 Å². The Morgan fingerprint density at radius 3 is 2.89 bits per heavy atom. The van der Waals surface area contributed by atoms with E-state index in [-0.39, 0.29) is 0 Å². The zero-order valence-electron chi connectivity index (χ0n) is 10.8. The molecule has 1 fully saturated rings. The minimum absolute atomic E-state index is 0.467. The van der Waals surface area contributed by atoms with Crippen molar-refractivity contribution in [1.82, 2.24) is 0 Å². The molecule has 1 atom stereocenters. The quantitative estimate of drug-likeness (QED) is 0.842. The molecule has 0 aromatic carbocycles. The van der Waals surface area contributed by atoms with Gasteiger partial charge in [-0.15, -0.1) is 0 Å². The van der Waals surface area contributed by atoms with Crippen LogP contribution in [0.15, 0.2) is 22.8 Å². The summed E-state index contributed by atoms with van der Waals surface area (Å²) in [6, 6.07) is 1.90. The molecule has 1 unspecified atom stereocenters. The van der Waals surface area contributed by atoms with Crippen LogP contribution in [0.1, 0.15) is 56.0 Å². The minimum atomic E-state index is -0.577. The molecule has 0 radical (unpaired) electrons. The summed E-state index contributed by atoms with van der Waals surface area (Å²) in [5.41, 5.74) is 6.45. The zero-order valence-corrected chi connectivity index (χ0v) is 10.8. The van der Waals surface area contributed by atoms with Crippen LogP contribution in [0, 0.1) is 5.92 Å². The normalized spacial score (nSPS) is 19.4. The molecule has 3 N–H and O–H groups in total. The van der Waals surface area contributed by atoms with Gasteiger partial charge in [0.25, 0.3) is 0 Å². The second kappa shape index (κ2) is 6.76. The van der Waals surface area contributed by atoms with Crippen molar-refractivity contribution in [3.8, 4) is 0 Å². The Balaban J connectivity index is 1.91. The Labute approximate surface area is 109 Å². The van der Waals surface area contributed by atoms with Crippen LogP contribution >= 0.6 is 0 Å². The van der Waals surface area contributed by atoms with Gasteiger partial charge < -0.3 is 15.3 Å². The van der Waals surface area contributed by atoms with Crippen LogP contribution in [0.25, 0.3) is 6.08 Å². The van der Waals surface area contributed by atoms with E-state index in [1.807, 2.05) is 6.07 Å². The number of hydrogen-bond donors (Lipinski definition) is 2. The fraction of sp³-hybridized carbons (Fsp3) is 0.600. The number of nitrogens with two attached hydrogens (primary N) is 1. The van der Waals surface area contributed by atoms with Crippen molar-refractivity contribution >= 4 is 6.08 Å². The fourth-order valence-electron chi connectivity index (χ4n) is 2.50. The summed E-state index contributed by atoms with van der Waals surface area (Å²) in [5, 5.41) is 9.75. The van der Waals surface area contributed by atoms with E-state index in [1.165, 1.54) is 32.1 Å². The molecule has 0 amide bonds. The van der Waals surface area contributed by atoms with Crippen LogP contribution < -0.4 is 5.73 Å². The molecule has 1 aliphatic carbocycles. The summed E-state index contributed by atoms with van der Waals surface area (Å²) < 4.78 is 5.36. The van der Waals surface area contributed by atoms with Gasteiger partial charge in [0.2, 0.25) is 0 Å². The van der Waals surface area contributed by atoms with Crippen molar-refractivity contribution in [2.45, 2.75) is 44.6 Å². The summed E-state index contributed by atoms with van der Waals surface area (Å²) in [7, 11) is 0. The summed E-state index contributed by atoms with van der Waals surface area (Å²) in [4.78, 5) is 0. The lowest BCUT2D eigenvalue weighted by molar-refractivity contribution is 0.143. The van der Waals surface area contributed by atoms with E-state index in [1.54, 1.807) is 6.26 Å². The number of allylic oxidation sites excluding steroid dienone is 1. The average molecular weight is 249 g/mol. The van der Waals surface area contributed by atoms with Crippen LogP contribution in [0.5, 0.6) is 0 Å². The van der Waals surface area contributed by atoms with Crippen molar-refractivity contribution in [2.75, 3.05) is 6.54 Å². The Bertz CT molecular complexity index is 378. The average Bonchev–Trinajstić information content (AvgIpc) is 2.87. The first-order valence-corrected chi connectivity index (χ1v) is 6.94. The predicted molar refractivity (Wildman–Crippen MR) is 72.9 cm³/mol. The Hall–Kier alpha value is -1.06. The first-order chi connectivity index (χ1) is 8.79. The molecule has 0 bridgehead atoms. The highest BCUT2D eigenvalue weighted by molar-refractivity contribution is 5.48. The molecule has 2 rings (SSSR count). The number of aliphatic hydroxyl groups excluding tert-OH is 1. The predicted octanol–water partition coefficient (Wildman–Crippen LogP) is 3.26. The van der Waals surface area contributed by atoms with Crippen molar-refractivity contribution in [3.63, 3.8) is 0 Å². The highest BCUT2D eigenvalue weighted by atomic mass is 16.4. The van der Waals surface area contributed by atoms with E-state index in [0.717, 1.165) is 5.56 Å². The van der Waals surface area contributed by atoms with Gasteiger partial charge in [-0.25, -0.2) is 0 Å². The Kier molecular flexibility index (Phi) is 5.02. The summed E-state index contributed by atoms with van der Waals surface area (Å²) in [6.07, 6.45) is 12.7. The van der Waals surface area contributed by atoms with Gasteiger partial charge in [-0.05, 0) is 37.8 Å². The third-order valence-electron chi connectivity index (χ3n) is 3.62. The minimum Gasteiger partial charge on any atom is -0.466 e. The number of furan rings is 1. The maximum Gasteiger partial charge on any atom is 0.132 e. The van der Waals surface area contributed by atoms with Gasteiger partial charge in [0, 0.05) is 5.56 Å². The van der Waals surface area contributed by atoms with E-state index in [2.05, 4.69) is 12.2 Å². The smallest absolute Gasteiger partial charge is 0.132 e. The molecular weight excluding hydrogens is 226 g/mol. The molecule has 100 valence electrons. The maximum absolute atomic E-state index is 9.75. The highest BCUT2D eigenvalue weighted by Crippen LogP contribution is 2.26. The van der Waals surface area contributed by atoms with Crippen LogP contribution in [0.2, 0.25) is 0 Å². The third-order valence-corrected chi connectivity index (χ3v) is 3.62. The highest BCUT2D eigenvalue weighted by Gasteiger charge is 2.12. The van der Waals surface area contributed by atoms with Gasteiger partial charge in [-0.2, -0.15) is 0 Å². The Morgan fingerprint density at radius 2 is 2.17 bits per heavy atom. The van der Waals surface area contributed by atoms with Crippen molar-refractivity contribution < 1.29 is 9.52 Å². The van der Waals surface area contributed by atoms with E-state index in [0.29, 0.717) is 24.6 Å². The van der Waals surface area contributed by atoms with E-state index < -0.39 is 6.10 Å². The molecule has 1 aromatic rings. The van der Waals surface area contributed by atoms with Crippen LogP contribution in [-0.4, -0.2) is 11.7 Å². The second-order valence-corrected chi connectivity index (χ2v) is 5.13. The van der Waals surface area contributed by atoms with Crippen molar-refractivity contribution in [1.29, 1.82) is 0 Å². The molecule has 1 heterocycles. The molecule has 1 aliphatic rings. The number of hydrogen-bond acceptors (Lipinski definition) is 3. The molecular formula is C15H23NO2. The molecule has 18 heavy (non-hydrogen) atoms. The van der Waals surface area contributed by atoms with E-state index >= 15 is 0 Å². The molecule has 0 spiro atoms. The van der Waals surface area contributed by atoms with Crippen molar-refractivity contribution in [2.24, 2.45) is 11.7 Å². The van der Waals surface area contributed by atoms with Gasteiger partial charge in [0.1, 0.15) is 11.9 Å². The zero-order chi connectivity index (χ0) is 12.8. The SMILES string of the molecule is NCCC(O)c1cc(C=CC2CCCCC2)co1. The van der Waals surface area contributed by atoms with Gasteiger partial charge in [0.15, 0.2) is 0 Å². The lowest BCUT2D eigenvalue weighted by atomic mass is 9.89. The first-order valence-electron chi connectivity index (χ1n) is 6.94. The molecule has 3 nitrogen and oxygen atoms in total. The fourth-order valence-corrected chi connectivity index (χ4v) is 2.50. The van der Waals surface area contributed by atoms with Crippen molar-refractivity contribution in [3.05, 3.63) is 29.7 Å². The van der Waals surface area contributed by atoms with E-state index in [9.17, 15) is 5.11 Å². The standard InChI is InChI=1S/C15H23NO2/c16-9-8-14(17)15-10-13(11-18-15)7-6-12-4-2-1-3-5-12/h6-7,10-12,14,17H,1-5,8-9,16H2. The monoisotopic (exact) mass is 249 g/mol. The first kappa shape index (κ1) is 13.4. The lowest BCUT2D eigenvalue weighted by Crippen LogP contribution is -2.05. The third kappa shape index (κ3) is 3.72. The maximum atomic E-state index is 9.75. The molecule has 1 saturated carbocycles. The molecule has 3 heteroatoms. The lowest BCUT2D eigenvalue weighted by Gasteiger charge is -2.17. The second-order valence-electron chi connectivity index (χ2n) is 5.13. The largest absolute Gasteiger partial charge is 0.466 e. The Morgan fingerprint density at radius 1 is 1.39 bits per heavy atom. The molecule has 0 aliphatic heterocycles. The van der Waals surface area contributed by atoms with E-state index in [4.69, 9.17) is 10.2 Å². The number of aliphatic hydroxyl groups is 1. The van der Waals surface area contributed by atoms with Gasteiger partial charge in [0.05, 0.1) is 6.26 Å². The van der Waals surface area contributed by atoms with Gasteiger partial charge >= 0.3 is 0 Å². The topological polar surface area (TPSA) is 59.4 Å². The number of rotatable bonds is 5. The molecule has 1 aromatic heterocycles. The summed E-state index contributed by atoms with van der Waals surface area (Å²) >= 11 is 0. The van der Waals surface area contributed by atoms with Crippen LogP contribution in [0.4, 0.5) is 0 Å².